The number of hydrogen-bond donors (Lipinski definition) is 0. The van der Waals surface area contributed by atoms with Crippen LogP contribution in [0.1, 0.15) is 103 Å². The third-order valence-electron chi connectivity index (χ3n) is 5.64. The molecule has 0 unspecified atom stereocenters. The van der Waals surface area contributed by atoms with Crippen molar-refractivity contribution < 1.29 is 38.1 Å². The first kappa shape index (κ1) is 41.8. The molecule has 0 aromatic carbocycles. The molecule has 0 aliphatic carbocycles. The van der Waals surface area contributed by atoms with Gasteiger partial charge >= 0.3 is 24.4 Å². The van der Waals surface area contributed by atoms with E-state index in [9.17, 15) is 19.2 Å². The summed E-state index contributed by atoms with van der Waals surface area (Å²) in [7, 11) is 1.66. The van der Waals surface area contributed by atoms with Crippen molar-refractivity contribution in [1.29, 1.82) is 0 Å². The quantitative estimate of drug-likeness (QED) is 0.157. The molecule has 0 atom stereocenters. The van der Waals surface area contributed by atoms with Crippen LogP contribution in [0.4, 0.5) is 19.2 Å². The molecule has 0 saturated carbocycles. The molecular formula is C33H62N4O8. The normalized spacial score (nSPS) is 12.4. The zero-order chi connectivity index (χ0) is 35.2. The summed E-state index contributed by atoms with van der Waals surface area (Å²) in [5, 5.41) is 0. The zero-order valence-electron chi connectivity index (χ0n) is 30.6. The summed E-state index contributed by atoms with van der Waals surface area (Å²) in [6.07, 6.45) is 2.88. The molecule has 0 spiro atoms. The van der Waals surface area contributed by atoms with E-state index in [1.807, 2.05) is 48.5 Å². The molecule has 0 rings (SSSR count). The molecule has 4 amide bonds. The first-order valence-corrected chi connectivity index (χ1v) is 15.9. The fourth-order valence-corrected chi connectivity index (χ4v) is 3.66. The third kappa shape index (κ3) is 21.2. The van der Waals surface area contributed by atoms with E-state index in [4.69, 9.17) is 18.9 Å². The average Bonchev–Trinajstić information content (AvgIpc) is 2.81. The first-order valence-electron chi connectivity index (χ1n) is 15.9. The Hall–Kier alpha value is -3.18. The lowest BCUT2D eigenvalue weighted by molar-refractivity contribution is 0.0207. The lowest BCUT2D eigenvalue weighted by Crippen LogP contribution is -2.41. The van der Waals surface area contributed by atoms with Crippen LogP contribution in [0.15, 0.2) is 12.2 Å². The summed E-state index contributed by atoms with van der Waals surface area (Å²) < 4.78 is 22.1. The second-order valence-corrected chi connectivity index (χ2v) is 15.0. The molecule has 0 aromatic heterocycles. The Morgan fingerprint density at radius 1 is 0.489 bits per heavy atom. The summed E-state index contributed by atoms with van der Waals surface area (Å²) in [6.45, 7) is 26.1. The highest BCUT2D eigenvalue weighted by Crippen LogP contribution is 2.14. The molecule has 0 aliphatic heterocycles. The van der Waals surface area contributed by atoms with Gasteiger partial charge in [-0.15, -0.1) is 0 Å². The van der Waals surface area contributed by atoms with Gasteiger partial charge < -0.3 is 38.5 Å². The fraction of sp³-hybridized carbons (Fsp3) is 0.818. The molecule has 0 saturated heterocycles. The molecule has 0 heterocycles. The van der Waals surface area contributed by atoms with Crippen molar-refractivity contribution in [3.8, 4) is 0 Å². The minimum atomic E-state index is -0.676. The molecule has 12 heteroatoms. The second-order valence-electron chi connectivity index (χ2n) is 15.0. The molecule has 0 aromatic rings. The van der Waals surface area contributed by atoms with Crippen LogP contribution in [-0.2, 0) is 18.9 Å². The minimum absolute atomic E-state index is 0.246. The predicted octanol–water partition coefficient (Wildman–Crippen LogP) is 6.92. The van der Waals surface area contributed by atoms with E-state index < -0.39 is 46.8 Å². The minimum Gasteiger partial charge on any atom is -0.444 e. The molecule has 0 bridgehead atoms. The molecule has 262 valence electrons. The van der Waals surface area contributed by atoms with Crippen LogP contribution in [0.25, 0.3) is 0 Å². The van der Waals surface area contributed by atoms with Gasteiger partial charge in [-0.05, 0) is 103 Å². The Morgan fingerprint density at radius 3 is 1.11 bits per heavy atom. The zero-order valence-corrected chi connectivity index (χ0v) is 30.6. The Balaban J connectivity index is 5.47. The van der Waals surface area contributed by atoms with Gasteiger partial charge in [-0.2, -0.15) is 0 Å². The van der Waals surface area contributed by atoms with E-state index in [0.29, 0.717) is 45.6 Å². The van der Waals surface area contributed by atoms with Gasteiger partial charge in [0, 0.05) is 52.9 Å². The highest BCUT2D eigenvalue weighted by Gasteiger charge is 2.25. The standard InChI is InChI=1S/C33H62N4O8/c1-15-35(27(39)43-31(5,6)7)23-19-25-37(29(41)45-33(11,12)13)22-17-16-21-36(28(40)44-32(8,9)10)24-18-20-34(14)26(38)42-30(2,3)4/h16-17H,15,18-25H2,1-14H3. The molecule has 0 fully saturated rings. The van der Waals surface area contributed by atoms with Crippen LogP contribution in [0.5, 0.6) is 0 Å². The second kappa shape index (κ2) is 18.1. The van der Waals surface area contributed by atoms with Crippen molar-refractivity contribution in [3.63, 3.8) is 0 Å². The van der Waals surface area contributed by atoms with E-state index in [1.165, 1.54) is 4.90 Å². The molecule has 45 heavy (non-hydrogen) atoms. The first-order chi connectivity index (χ1) is 20.3. The lowest BCUT2D eigenvalue weighted by Gasteiger charge is -2.29. The largest absolute Gasteiger partial charge is 0.444 e. The van der Waals surface area contributed by atoms with Crippen LogP contribution < -0.4 is 0 Å². The van der Waals surface area contributed by atoms with Gasteiger partial charge in [-0.1, -0.05) is 12.2 Å². The summed E-state index contributed by atoms with van der Waals surface area (Å²) in [5.74, 6) is 0. The number of nitrogens with zero attached hydrogens (tertiary/aromatic N) is 4. The van der Waals surface area contributed by atoms with Crippen LogP contribution in [0.3, 0.4) is 0 Å². The number of ether oxygens (including phenoxy) is 4. The Bertz CT molecular complexity index is 971. The molecule has 0 N–H and O–H groups in total. The van der Waals surface area contributed by atoms with Crippen molar-refractivity contribution in [2.24, 2.45) is 0 Å². The van der Waals surface area contributed by atoms with Gasteiger partial charge in [0.05, 0.1) is 0 Å². The molecule has 12 nitrogen and oxygen atoms in total. The summed E-state index contributed by atoms with van der Waals surface area (Å²) in [5.41, 5.74) is -2.55. The van der Waals surface area contributed by atoms with Crippen molar-refractivity contribution in [2.75, 3.05) is 52.9 Å². The fourth-order valence-electron chi connectivity index (χ4n) is 3.66. The number of carbonyl (C=O) groups excluding carboxylic acids is 4. The van der Waals surface area contributed by atoms with Crippen LogP contribution >= 0.6 is 0 Å². The smallest absolute Gasteiger partial charge is 0.410 e. The van der Waals surface area contributed by atoms with E-state index in [-0.39, 0.29) is 13.1 Å². The predicted molar refractivity (Wildman–Crippen MR) is 176 cm³/mol. The summed E-state index contributed by atoms with van der Waals surface area (Å²) in [6, 6.07) is 0. The van der Waals surface area contributed by atoms with Gasteiger partial charge in [0.1, 0.15) is 22.4 Å². The lowest BCUT2D eigenvalue weighted by atomic mass is 10.2. The van der Waals surface area contributed by atoms with Crippen molar-refractivity contribution in [2.45, 2.75) is 125 Å². The van der Waals surface area contributed by atoms with Crippen LogP contribution in [0.2, 0.25) is 0 Å². The monoisotopic (exact) mass is 642 g/mol. The van der Waals surface area contributed by atoms with Gasteiger partial charge in [0.15, 0.2) is 0 Å². The van der Waals surface area contributed by atoms with Crippen molar-refractivity contribution in [3.05, 3.63) is 12.2 Å². The van der Waals surface area contributed by atoms with E-state index in [2.05, 4.69) is 0 Å². The maximum Gasteiger partial charge on any atom is 0.410 e. The Morgan fingerprint density at radius 2 is 0.778 bits per heavy atom. The number of carbonyl (C=O) groups is 4. The average molecular weight is 643 g/mol. The van der Waals surface area contributed by atoms with E-state index >= 15 is 0 Å². The maximum absolute atomic E-state index is 13.0. The van der Waals surface area contributed by atoms with E-state index in [1.54, 1.807) is 75.4 Å². The van der Waals surface area contributed by atoms with Crippen LogP contribution in [-0.4, -0.2) is 119 Å². The molecule has 0 aliphatic rings. The highest BCUT2D eigenvalue weighted by atomic mass is 16.6. The number of rotatable bonds is 13. The molecular weight excluding hydrogens is 580 g/mol. The van der Waals surface area contributed by atoms with Crippen molar-refractivity contribution in [1.82, 2.24) is 19.6 Å². The third-order valence-corrected chi connectivity index (χ3v) is 5.64. The topological polar surface area (TPSA) is 118 Å². The highest BCUT2D eigenvalue weighted by molar-refractivity contribution is 5.69. The van der Waals surface area contributed by atoms with Gasteiger partial charge in [-0.25, -0.2) is 19.2 Å². The van der Waals surface area contributed by atoms with Crippen molar-refractivity contribution >= 4 is 24.4 Å². The van der Waals surface area contributed by atoms with E-state index in [0.717, 1.165) is 0 Å². The van der Waals surface area contributed by atoms with Crippen LogP contribution in [0, 0.1) is 0 Å². The number of hydrogen-bond acceptors (Lipinski definition) is 8. The summed E-state index contributed by atoms with van der Waals surface area (Å²) >= 11 is 0. The van der Waals surface area contributed by atoms with Gasteiger partial charge in [0.25, 0.3) is 0 Å². The number of amides is 4. The Labute approximate surface area is 272 Å². The Kier molecular flexibility index (Phi) is 16.8. The maximum atomic E-state index is 13.0. The van der Waals surface area contributed by atoms with Gasteiger partial charge in [0.2, 0.25) is 0 Å². The van der Waals surface area contributed by atoms with Gasteiger partial charge in [-0.3, -0.25) is 0 Å². The molecule has 0 radical (unpaired) electrons. The SMILES string of the molecule is CCN(CCCN(CC=CCN(CCCN(C)C(=O)OC(C)(C)C)C(=O)OC(C)(C)C)C(=O)OC(C)(C)C)C(=O)OC(C)(C)C. The summed E-state index contributed by atoms with van der Waals surface area (Å²) in [4.78, 5) is 57.0.